The number of carbonyl (C=O) groups is 2. The molecule has 0 aliphatic heterocycles. The van der Waals surface area contributed by atoms with Crippen molar-refractivity contribution >= 4 is 19.8 Å². The second-order valence-corrected chi connectivity index (χ2v) is 14.6. The lowest BCUT2D eigenvalue weighted by atomic mass is 10.1. The first kappa shape index (κ1) is 50.5. The first-order valence-electron chi connectivity index (χ1n) is 20.4. The third kappa shape index (κ3) is 39.0. The lowest BCUT2D eigenvalue weighted by molar-refractivity contribution is -0.161. The molecular weight excluding hydrogens is 689 g/mol. The lowest BCUT2D eigenvalue weighted by Gasteiger charge is -2.19. The summed E-state index contributed by atoms with van der Waals surface area (Å²) < 4.78 is 32.7. The number of unbranched alkanes of at least 4 members (excludes halogenated alkanes) is 12. The van der Waals surface area contributed by atoms with Crippen LogP contribution in [-0.2, 0) is 32.7 Å². The molecule has 0 aliphatic carbocycles. The van der Waals surface area contributed by atoms with E-state index in [2.05, 4.69) is 86.8 Å². The molecule has 2 unspecified atom stereocenters. The Morgan fingerprint density at radius 1 is 0.585 bits per heavy atom. The van der Waals surface area contributed by atoms with Gasteiger partial charge >= 0.3 is 19.8 Å². The molecule has 0 rings (SSSR count). The largest absolute Gasteiger partial charge is 0.472 e. The van der Waals surface area contributed by atoms with Crippen LogP contribution in [0.3, 0.4) is 0 Å². The number of allylic oxidation sites excluding steroid dienone is 12. The van der Waals surface area contributed by atoms with Crippen molar-refractivity contribution in [1.29, 1.82) is 0 Å². The molecule has 9 nitrogen and oxygen atoms in total. The molecule has 0 saturated heterocycles. The number of ether oxygens (including phenoxy) is 2. The minimum Gasteiger partial charge on any atom is -0.462 e. The van der Waals surface area contributed by atoms with Gasteiger partial charge in [0.2, 0.25) is 0 Å². The van der Waals surface area contributed by atoms with Gasteiger partial charge in [0.1, 0.15) is 6.61 Å². The molecule has 0 amide bonds. The molecule has 2 atom stereocenters. The third-order valence-corrected chi connectivity index (χ3v) is 9.06. The molecule has 0 aromatic carbocycles. The fourth-order valence-corrected chi connectivity index (χ4v) is 5.83. The van der Waals surface area contributed by atoms with Crippen molar-refractivity contribution in [1.82, 2.24) is 0 Å². The Morgan fingerprint density at radius 3 is 1.58 bits per heavy atom. The number of hydrogen-bond donors (Lipinski definition) is 2. The normalized spacial score (nSPS) is 14.1. The van der Waals surface area contributed by atoms with E-state index < -0.39 is 32.5 Å². The van der Waals surface area contributed by atoms with Gasteiger partial charge in [-0.1, -0.05) is 132 Å². The third-order valence-electron chi connectivity index (χ3n) is 8.08. The minimum absolute atomic E-state index is 0.0426. The smallest absolute Gasteiger partial charge is 0.462 e. The first-order valence-corrected chi connectivity index (χ1v) is 21.9. The predicted molar refractivity (Wildman–Crippen MR) is 219 cm³/mol. The maximum absolute atomic E-state index is 12.6. The number of hydrogen-bond acceptors (Lipinski definition) is 8. The molecule has 0 aromatic rings. The zero-order chi connectivity index (χ0) is 38.9. The molecule has 0 spiro atoms. The average molecular weight is 764 g/mol. The van der Waals surface area contributed by atoms with Gasteiger partial charge in [-0.25, -0.2) is 4.57 Å². The van der Waals surface area contributed by atoms with E-state index in [0.717, 1.165) is 70.6 Å². The van der Waals surface area contributed by atoms with E-state index in [-0.39, 0.29) is 32.6 Å². The molecule has 0 heterocycles. The molecule has 0 aliphatic rings. The molecule has 0 aromatic heterocycles. The number of carbonyl (C=O) groups excluding carboxylic acids is 2. The highest BCUT2D eigenvalue weighted by Crippen LogP contribution is 2.43. The summed E-state index contributed by atoms with van der Waals surface area (Å²) in [5.41, 5.74) is 5.34. The number of esters is 2. The molecule has 53 heavy (non-hydrogen) atoms. The van der Waals surface area contributed by atoms with Gasteiger partial charge < -0.3 is 20.1 Å². The van der Waals surface area contributed by atoms with Crippen molar-refractivity contribution in [2.75, 3.05) is 26.4 Å². The van der Waals surface area contributed by atoms with Crippen molar-refractivity contribution in [3.63, 3.8) is 0 Å². The molecule has 0 bridgehead atoms. The average Bonchev–Trinajstić information content (AvgIpc) is 3.14. The van der Waals surface area contributed by atoms with E-state index in [1.165, 1.54) is 44.9 Å². The van der Waals surface area contributed by atoms with Crippen LogP contribution in [-0.4, -0.2) is 49.3 Å². The van der Waals surface area contributed by atoms with Crippen LogP contribution in [0, 0.1) is 0 Å². The Hall–Kier alpha value is -2.55. The Bertz CT molecular complexity index is 1100. The summed E-state index contributed by atoms with van der Waals surface area (Å²) in [6.07, 6.45) is 46.4. The zero-order valence-electron chi connectivity index (χ0n) is 33.2. The Balaban J connectivity index is 4.28. The van der Waals surface area contributed by atoms with Crippen LogP contribution >= 0.6 is 7.82 Å². The van der Waals surface area contributed by atoms with Crippen LogP contribution < -0.4 is 5.73 Å². The van der Waals surface area contributed by atoms with Crippen LogP contribution in [0.25, 0.3) is 0 Å². The number of rotatable bonds is 37. The number of nitrogens with two attached hydrogens (primary N) is 1. The molecule has 0 fully saturated rings. The molecule has 10 heteroatoms. The van der Waals surface area contributed by atoms with Gasteiger partial charge in [0, 0.05) is 19.4 Å². The van der Waals surface area contributed by atoms with Crippen LogP contribution in [0.15, 0.2) is 72.9 Å². The van der Waals surface area contributed by atoms with Crippen molar-refractivity contribution in [2.45, 2.75) is 161 Å². The van der Waals surface area contributed by atoms with Crippen molar-refractivity contribution < 1.29 is 37.6 Å². The summed E-state index contributed by atoms with van der Waals surface area (Å²) in [6, 6.07) is 0. The van der Waals surface area contributed by atoms with Crippen LogP contribution in [0.5, 0.6) is 0 Å². The highest BCUT2D eigenvalue weighted by molar-refractivity contribution is 7.47. The highest BCUT2D eigenvalue weighted by atomic mass is 31.2. The van der Waals surface area contributed by atoms with Crippen LogP contribution in [0.2, 0.25) is 0 Å². The Kier molecular flexibility index (Phi) is 37.3. The second-order valence-electron chi connectivity index (χ2n) is 13.1. The monoisotopic (exact) mass is 764 g/mol. The summed E-state index contributed by atoms with van der Waals surface area (Å²) in [5, 5.41) is 0. The summed E-state index contributed by atoms with van der Waals surface area (Å²) in [6.45, 7) is 3.51. The Morgan fingerprint density at radius 2 is 1.04 bits per heavy atom. The van der Waals surface area contributed by atoms with Crippen LogP contribution in [0.1, 0.15) is 155 Å². The van der Waals surface area contributed by atoms with E-state index >= 15 is 0 Å². The summed E-state index contributed by atoms with van der Waals surface area (Å²) >= 11 is 0. The van der Waals surface area contributed by atoms with Crippen molar-refractivity contribution in [3.8, 4) is 0 Å². The van der Waals surface area contributed by atoms with Gasteiger partial charge in [-0.2, -0.15) is 0 Å². The van der Waals surface area contributed by atoms with Gasteiger partial charge in [-0.3, -0.25) is 18.6 Å². The van der Waals surface area contributed by atoms with Crippen molar-refractivity contribution in [2.24, 2.45) is 5.73 Å². The predicted octanol–water partition coefficient (Wildman–Crippen LogP) is 11.5. The molecule has 3 N–H and O–H groups in total. The molecule has 304 valence electrons. The summed E-state index contributed by atoms with van der Waals surface area (Å²) in [5.74, 6) is -0.894. The lowest BCUT2D eigenvalue weighted by Crippen LogP contribution is -2.29. The van der Waals surface area contributed by atoms with Crippen molar-refractivity contribution in [3.05, 3.63) is 72.9 Å². The van der Waals surface area contributed by atoms with Gasteiger partial charge in [-0.15, -0.1) is 0 Å². The van der Waals surface area contributed by atoms with Gasteiger partial charge in [0.15, 0.2) is 6.10 Å². The van der Waals surface area contributed by atoms with Gasteiger partial charge in [0.25, 0.3) is 0 Å². The SMILES string of the molecule is CCC=CCC=CCC=CCC=CCCCCC(=O)OCC(COP(=O)(O)OCCN)OC(=O)CCCCCCCCCC=CCC=CCCCCC. The van der Waals surface area contributed by atoms with Gasteiger partial charge in [0.05, 0.1) is 13.2 Å². The molecule has 0 saturated carbocycles. The Labute approximate surface area is 322 Å². The minimum atomic E-state index is -4.39. The number of phosphoric acid groups is 1. The first-order chi connectivity index (χ1) is 25.8. The topological polar surface area (TPSA) is 134 Å². The fourth-order valence-electron chi connectivity index (χ4n) is 5.07. The maximum Gasteiger partial charge on any atom is 0.472 e. The maximum atomic E-state index is 12.6. The number of phosphoric ester groups is 1. The van der Waals surface area contributed by atoms with Gasteiger partial charge in [-0.05, 0) is 83.5 Å². The summed E-state index contributed by atoms with van der Waals surface area (Å²) in [7, 11) is -4.39. The molecule has 0 radical (unpaired) electrons. The standard InChI is InChI=1S/C43H74NO8P/c1-3-5-7-9-11-13-15-17-19-20-22-24-26-28-30-32-34-36-43(46)52-41(40-51-53(47,48)50-38-37-44)39-49-42(45)35-33-31-29-27-25-23-21-18-16-14-12-10-8-6-4-2/h6,8,11-14,17-19,21,25,27,41H,3-5,7,9-10,15-16,20,22-24,26,28-40,44H2,1-2H3,(H,47,48). The van der Waals surface area contributed by atoms with E-state index in [1.807, 2.05) is 0 Å². The fraction of sp³-hybridized carbons (Fsp3) is 0.674. The zero-order valence-corrected chi connectivity index (χ0v) is 34.1. The van der Waals surface area contributed by atoms with E-state index in [4.69, 9.17) is 24.3 Å². The summed E-state index contributed by atoms with van der Waals surface area (Å²) in [4.78, 5) is 34.8. The quantitative estimate of drug-likeness (QED) is 0.0274. The van der Waals surface area contributed by atoms with Crippen LogP contribution in [0.4, 0.5) is 0 Å². The van der Waals surface area contributed by atoms with E-state index in [9.17, 15) is 19.0 Å². The molecular formula is C43H74NO8P. The highest BCUT2D eigenvalue weighted by Gasteiger charge is 2.25. The van der Waals surface area contributed by atoms with E-state index in [0.29, 0.717) is 12.8 Å². The second kappa shape index (κ2) is 39.2. The van der Waals surface area contributed by atoms with E-state index in [1.54, 1.807) is 0 Å².